The van der Waals surface area contributed by atoms with Gasteiger partial charge in [0.25, 0.3) is 0 Å². The number of pyridine rings is 1. The number of fused-ring (bicyclic) bond motifs is 1. The molecule has 0 radical (unpaired) electrons. The number of aromatic nitrogens is 4. The highest BCUT2D eigenvalue weighted by Gasteiger charge is 2.16. The lowest BCUT2D eigenvalue weighted by molar-refractivity contribution is 0.600. The van der Waals surface area contributed by atoms with Crippen molar-refractivity contribution in [2.45, 2.75) is 38.5 Å². The maximum absolute atomic E-state index is 5.72. The van der Waals surface area contributed by atoms with Crippen LogP contribution in [0, 0.1) is 0 Å². The number of rotatable bonds is 1. The summed E-state index contributed by atoms with van der Waals surface area (Å²) in [5, 5.41) is 8.54. The van der Waals surface area contributed by atoms with Gasteiger partial charge in [0, 0.05) is 0 Å². The molecule has 0 aliphatic heterocycles. The second-order valence-electron chi connectivity index (χ2n) is 4.73. The number of aryl methyl sites for hydroxylation is 1. The van der Waals surface area contributed by atoms with Crippen molar-refractivity contribution in [2.24, 2.45) is 0 Å². The van der Waals surface area contributed by atoms with E-state index in [9.17, 15) is 0 Å². The third-order valence-electron chi connectivity index (χ3n) is 3.39. The number of nitrogens with two attached hydrogens (primary N) is 1. The van der Waals surface area contributed by atoms with Gasteiger partial charge in [-0.25, -0.2) is 4.98 Å². The molecule has 0 bridgehead atoms. The van der Waals surface area contributed by atoms with Crippen LogP contribution in [0.25, 0.3) is 5.82 Å². The highest BCUT2D eigenvalue weighted by molar-refractivity contribution is 5.36. The zero-order valence-electron chi connectivity index (χ0n) is 10.3. The summed E-state index contributed by atoms with van der Waals surface area (Å²) in [7, 11) is 0. The molecule has 0 saturated heterocycles. The van der Waals surface area contributed by atoms with Crippen LogP contribution in [0.5, 0.6) is 0 Å². The van der Waals surface area contributed by atoms with Gasteiger partial charge in [0.05, 0.1) is 11.4 Å². The smallest absolute Gasteiger partial charge is 0.157 e. The molecule has 1 aliphatic rings. The van der Waals surface area contributed by atoms with E-state index in [0.717, 1.165) is 24.4 Å². The van der Waals surface area contributed by atoms with Gasteiger partial charge in [-0.1, -0.05) is 24.1 Å². The molecule has 2 N–H and O–H groups in total. The van der Waals surface area contributed by atoms with E-state index in [-0.39, 0.29) is 0 Å². The van der Waals surface area contributed by atoms with Gasteiger partial charge in [-0.15, -0.1) is 5.10 Å². The molecule has 0 spiro atoms. The van der Waals surface area contributed by atoms with Crippen molar-refractivity contribution in [2.75, 3.05) is 5.73 Å². The van der Waals surface area contributed by atoms with Crippen LogP contribution in [0.15, 0.2) is 18.2 Å². The fourth-order valence-electron chi connectivity index (χ4n) is 2.46. The predicted octanol–water partition coefficient (Wildman–Crippen LogP) is 1.90. The number of hydrogen-bond donors (Lipinski definition) is 1. The zero-order chi connectivity index (χ0) is 12.4. The Balaban J connectivity index is 2.02. The van der Waals surface area contributed by atoms with Crippen molar-refractivity contribution < 1.29 is 0 Å². The van der Waals surface area contributed by atoms with E-state index >= 15 is 0 Å². The summed E-state index contributed by atoms with van der Waals surface area (Å²) in [5.74, 6) is 1.28. The van der Waals surface area contributed by atoms with Gasteiger partial charge >= 0.3 is 0 Å². The second-order valence-corrected chi connectivity index (χ2v) is 4.73. The topological polar surface area (TPSA) is 69.6 Å². The second kappa shape index (κ2) is 4.76. The molecular weight excluding hydrogens is 226 g/mol. The zero-order valence-corrected chi connectivity index (χ0v) is 10.3. The monoisotopic (exact) mass is 243 g/mol. The average molecular weight is 243 g/mol. The van der Waals surface area contributed by atoms with Crippen molar-refractivity contribution in [3.63, 3.8) is 0 Å². The molecule has 0 saturated carbocycles. The molecule has 0 atom stereocenters. The van der Waals surface area contributed by atoms with Gasteiger partial charge in [-0.3, -0.25) is 0 Å². The molecule has 2 aromatic heterocycles. The highest BCUT2D eigenvalue weighted by Crippen LogP contribution is 2.20. The van der Waals surface area contributed by atoms with Crippen LogP contribution >= 0.6 is 0 Å². The molecule has 1 aliphatic carbocycles. The maximum atomic E-state index is 5.72. The number of nitrogen functional groups attached to an aromatic ring is 1. The first-order chi connectivity index (χ1) is 8.84. The summed E-state index contributed by atoms with van der Waals surface area (Å²) in [6.07, 6.45) is 7.03. The van der Waals surface area contributed by atoms with E-state index in [4.69, 9.17) is 5.73 Å². The fourth-order valence-corrected chi connectivity index (χ4v) is 2.46. The standard InChI is InChI=1S/C13H17N5/c14-12-8-5-9-13(15-12)18-11-7-4-2-1-3-6-10(11)16-17-18/h5,8-9H,1-4,6-7H2,(H2,14,15). The normalized spacial score (nSPS) is 15.8. The predicted molar refractivity (Wildman–Crippen MR) is 69.4 cm³/mol. The summed E-state index contributed by atoms with van der Waals surface area (Å²) in [6.45, 7) is 0. The van der Waals surface area contributed by atoms with Gasteiger partial charge < -0.3 is 5.73 Å². The first kappa shape index (κ1) is 11.2. The van der Waals surface area contributed by atoms with Crippen LogP contribution in [0.4, 0.5) is 5.82 Å². The largest absolute Gasteiger partial charge is 0.384 e. The number of hydrogen-bond acceptors (Lipinski definition) is 4. The Morgan fingerprint density at radius 2 is 1.89 bits per heavy atom. The van der Waals surface area contributed by atoms with Crippen LogP contribution in [0.1, 0.15) is 37.1 Å². The van der Waals surface area contributed by atoms with Crippen molar-refractivity contribution >= 4 is 5.82 Å². The average Bonchev–Trinajstić information content (AvgIpc) is 2.71. The molecule has 0 aromatic carbocycles. The molecule has 0 fully saturated rings. The minimum Gasteiger partial charge on any atom is -0.384 e. The first-order valence-electron chi connectivity index (χ1n) is 6.51. The van der Waals surface area contributed by atoms with Crippen LogP contribution in [-0.2, 0) is 12.8 Å². The SMILES string of the molecule is Nc1cccc(-n2nnc3c2CCCCCC3)n1. The Labute approximate surface area is 106 Å². The summed E-state index contributed by atoms with van der Waals surface area (Å²) < 4.78 is 1.84. The highest BCUT2D eigenvalue weighted by atomic mass is 15.4. The quantitative estimate of drug-likeness (QED) is 0.830. The van der Waals surface area contributed by atoms with Crippen molar-refractivity contribution in [1.82, 2.24) is 20.0 Å². The van der Waals surface area contributed by atoms with Gasteiger partial charge in [0.1, 0.15) is 5.82 Å². The Morgan fingerprint density at radius 3 is 2.72 bits per heavy atom. The van der Waals surface area contributed by atoms with Crippen LogP contribution < -0.4 is 5.73 Å². The minimum absolute atomic E-state index is 0.516. The number of nitrogens with zero attached hydrogens (tertiary/aromatic N) is 4. The lowest BCUT2D eigenvalue weighted by Gasteiger charge is -2.10. The van der Waals surface area contributed by atoms with Gasteiger partial charge in [-0.05, 0) is 37.8 Å². The van der Waals surface area contributed by atoms with Crippen LogP contribution in [-0.4, -0.2) is 20.0 Å². The van der Waals surface area contributed by atoms with E-state index in [1.54, 1.807) is 6.07 Å². The molecule has 5 heteroatoms. The Kier molecular flexibility index (Phi) is 2.96. The Morgan fingerprint density at radius 1 is 1.06 bits per heavy atom. The van der Waals surface area contributed by atoms with E-state index in [1.165, 1.54) is 31.4 Å². The summed E-state index contributed by atoms with van der Waals surface area (Å²) in [6, 6.07) is 5.60. The van der Waals surface area contributed by atoms with Crippen molar-refractivity contribution in [3.05, 3.63) is 29.6 Å². The molecule has 94 valence electrons. The molecule has 0 amide bonds. The molecule has 2 heterocycles. The maximum Gasteiger partial charge on any atom is 0.157 e. The van der Waals surface area contributed by atoms with E-state index < -0.39 is 0 Å². The fraction of sp³-hybridized carbons (Fsp3) is 0.462. The van der Waals surface area contributed by atoms with E-state index in [1.807, 2.05) is 16.8 Å². The molecular formula is C13H17N5. The number of anilines is 1. The molecule has 3 rings (SSSR count). The van der Waals surface area contributed by atoms with E-state index in [2.05, 4.69) is 15.3 Å². The van der Waals surface area contributed by atoms with Crippen molar-refractivity contribution in [3.8, 4) is 5.82 Å². The van der Waals surface area contributed by atoms with E-state index in [0.29, 0.717) is 5.82 Å². The van der Waals surface area contributed by atoms with Gasteiger partial charge in [0.2, 0.25) is 0 Å². The lowest BCUT2D eigenvalue weighted by Crippen LogP contribution is -2.08. The third-order valence-corrected chi connectivity index (χ3v) is 3.39. The molecule has 0 unspecified atom stereocenters. The molecule has 18 heavy (non-hydrogen) atoms. The van der Waals surface area contributed by atoms with Crippen LogP contribution in [0.3, 0.4) is 0 Å². The molecule has 2 aromatic rings. The minimum atomic E-state index is 0.516. The lowest BCUT2D eigenvalue weighted by atomic mass is 10.0. The van der Waals surface area contributed by atoms with Gasteiger partial charge in [-0.2, -0.15) is 4.68 Å². The third kappa shape index (κ3) is 2.08. The Hall–Kier alpha value is -1.91. The summed E-state index contributed by atoms with van der Waals surface area (Å²) in [5.41, 5.74) is 8.05. The molecule has 5 nitrogen and oxygen atoms in total. The first-order valence-corrected chi connectivity index (χ1v) is 6.51. The summed E-state index contributed by atoms with van der Waals surface area (Å²) in [4.78, 5) is 4.32. The van der Waals surface area contributed by atoms with Crippen LogP contribution in [0.2, 0.25) is 0 Å². The van der Waals surface area contributed by atoms with Gasteiger partial charge in [0.15, 0.2) is 5.82 Å². The Bertz CT molecular complexity index is 546. The summed E-state index contributed by atoms with van der Waals surface area (Å²) >= 11 is 0. The van der Waals surface area contributed by atoms with Crippen molar-refractivity contribution in [1.29, 1.82) is 0 Å².